The van der Waals surface area contributed by atoms with E-state index in [-0.39, 0.29) is 24.5 Å². The lowest BCUT2D eigenvalue weighted by Gasteiger charge is -2.29. The van der Waals surface area contributed by atoms with Gasteiger partial charge < -0.3 is 15.2 Å². The number of amides is 1. The predicted octanol–water partition coefficient (Wildman–Crippen LogP) is 2.74. The summed E-state index contributed by atoms with van der Waals surface area (Å²) in [6.45, 7) is 5.06. The SMILES string of the molecule is CCCC1CC(C(=O)NCC(O)c2ccc(C)cc2)CCO1. The van der Waals surface area contributed by atoms with E-state index >= 15 is 0 Å². The number of nitrogens with one attached hydrogen (secondary N) is 1. The number of ether oxygens (including phenoxy) is 1. The van der Waals surface area contributed by atoms with Gasteiger partial charge in [-0.25, -0.2) is 0 Å². The van der Waals surface area contributed by atoms with Gasteiger partial charge in [0, 0.05) is 19.1 Å². The molecule has 1 fully saturated rings. The standard InChI is InChI=1S/C18H27NO3/c1-3-4-16-11-15(9-10-22-16)18(21)19-12-17(20)14-7-5-13(2)6-8-14/h5-8,15-17,20H,3-4,9-12H2,1-2H3,(H,19,21). The molecule has 3 unspecified atom stereocenters. The number of aryl methyl sites for hydroxylation is 1. The van der Waals surface area contributed by atoms with Crippen molar-refractivity contribution in [3.63, 3.8) is 0 Å². The molecule has 2 N–H and O–H groups in total. The van der Waals surface area contributed by atoms with Gasteiger partial charge in [0.25, 0.3) is 0 Å². The van der Waals surface area contributed by atoms with E-state index < -0.39 is 6.10 Å². The minimum Gasteiger partial charge on any atom is -0.387 e. The Kier molecular flexibility index (Phi) is 6.40. The van der Waals surface area contributed by atoms with Gasteiger partial charge in [0.2, 0.25) is 5.91 Å². The second-order valence-electron chi connectivity index (χ2n) is 6.17. The molecule has 4 heteroatoms. The van der Waals surface area contributed by atoms with Gasteiger partial charge in [0.1, 0.15) is 0 Å². The Morgan fingerprint density at radius 1 is 1.41 bits per heavy atom. The van der Waals surface area contributed by atoms with Gasteiger partial charge in [-0.3, -0.25) is 4.79 Å². The summed E-state index contributed by atoms with van der Waals surface area (Å²) >= 11 is 0. The number of carbonyl (C=O) groups excluding carboxylic acids is 1. The fourth-order valence-corrected chi connectivity index (χ4v) is 2.89. The molecule has 1 aromatic carbocycles. The van der Waals surface area contributed by atoms with Crippen LogP contribution in [0.3, 0.4) is 0 Å². The Labute approximate surface area is 132 Å². The molecule has 0 aromatic heterocycles. The minimum absolute atomic E-state index is 0.00974. The second-order valence-corrected chi connectivity index (χ2v) is 6.17. The first kappa shape index (κ1) is 17.0. The van der Waals surface area contributed by atoms with E-state index in [9.17, 15) is 9.90 Å². The van der Waals surface area contributed by atoms with Crippen LogP contribution in [0.15, 0.2) is 24.3 Å². The average Bonchev–Trinajstić information content (AvgIpc) is 2.53. The number of carbonyl (C=O) groups is 1. The number of hydrogen-bond acceptors (Lipinski definition) is 3. The zero-order valence-corrected chi connectivity index (χ0v) is 13.5. The highest BCUT2D eigenvalue weighted by molar-refractivity contribution is 5.78. The van der Waals surface area contributed by atoms with Crippen LogP contribution in [0.25, 0.3) is 0 Å². The molecule has 1 amide bonds. The average molecular weight is 305 g/mol. The minimum atomic E-state index is -0.657. The summed E-state index contributed by atoms with van der Waals surface area (Å²) in [6, 6.07) is 7.73. The maximum atomic E-state index is 12.3. The van der Waals surface area contributed by atoms with Crippen LogP contribution in [-0.2, 0) is 9.53 Å². The molecule has 3 atom stereocenters. The van der Waals surface area contributed by atoms with Crippen LogP contribution in [-0.4, -0.2) is 30.3 Å². The van der Waals surface area contributed by atoms with Crippen LogP contribution in [0.2, 0.25) is 0 Å². The Morgan fingerprint density at radius 3 is 2.82 bits per heavy atom. The Bertz CT molecular complexity index is 470. The van der Waals surface area contributed by atoms with Gasteiger partial charge in [0.05, 0.1) is 12.2 Å². The molecule has 1 aliphatic rings. The normalized spacial score (nSPS) is 23.0. The molecular formula is C18H27NO3. The summed E-state index contributed by atoms with van der Waals surface area (Å²) in [5.74, 6) is 0.0473. The number of aliphatic hydroxyl groups excluding tert-OH is 1. The zero-order chi connectivity index (χ0) is 15.9. The van der Waals surface area contributed by atoms with Crippen LogP contribution in [0.1, 0.15) is 49.8 Å². The molecule has 22 heavy (non-hydrogen) atoms. The molecule has 122 valence electrons. The molecule has 1 aromatic rings. The van der Waals surface area contributed by atoms with Gasteiger partial charge in [-0.05, 0) is 31.7 Å². The molecule has 1 heterocycles. The monoisotopic (exact) mass is 305 g/mol. The van der Waals surface area contributed by atoms with Gasteiger partial charge in [0.15, 0.2) is 0 Å². The van der Waals surface area contributed by atoms with Gasteiger partial charge in [-0.15, -0.1) is 0 Å². The van der Waals surface area contributed by atoms with Crippen molar-refractivity contribution in [3.05, 3.63) is 35.4 Å². The van der Waals surface area contributed by atoms with Crippen molar-refractivity contribution in [1.82, 2.24) is 5.32 Å². The van der Waals surface area contributed by atoms with Crippen LogP contribution in [0, 0.1) is 12.8 Å². The third-order valence-electron chi connectivity index (χ3n) is 4.28. The first-order valence-electron chi connectivity index (χ1n) is 8.24. The summed E-state index contributed by atoms with van der Waals surface area (Å²) in [5, 5.41) is 13.0. The number of benzene rings is 1. The molecule has 4 nitrogen and oxygen atoms in total. The first-order chi connectivity index (χ1) is 10.6. The van der Waals surface area contributed by atoms with Crippen molar-refractivity contribution in [1.29, 1.82) is 0 Å². The van der Waals surface area contributed by atoms with Gasteiger partial charge in [-0.2, -0.15) is 0 Å². The van der Waals surface area contributed by atoms with E-state index in [0.29, 0.717) is 6.61 Å². The van der Waals surface area contributed by atoms with E-state index in [1.165, 1.54) is 0 Å². The van der Waals surface area contributed by atoms with E-state index in [2.05, 4.69) is 12.2 Å². The third kappa shape index (κ3) is 4.82. The largest absolute Gasteiger partial charge is 0.387 e. The van der Waals surface area contributed by atoms with Crippen LogP contribution in [0.4, 0.5) is 0 Å². The van der Waals surface area contributed by atoms with E-state index in [1.54, 1.807) is 0 Å². The van der Waals surface area contributed by atoms with E-state index in [0.717, 1.165) is 36.8 Å². The lowest BCUT2D eigenvalue weighted by Crippen LogP contribution is -2.38. The van der Waals surface area contributed by atoms with Crippen molar-refractivity contribution in [3.8, 4) is 0 Å². The maximum Gasteiger partial charge on any atom is 0.223 e. The van der Waals surface area contributed by atoms with Crippen molar-refractivity contribution in [2.45, 2.75) is 51.7 Å². The first-order valence-corrected chi connectivity index (χ1v) is 8.24. The molecular weight excluding hydrogens is 278 g/mol. The van der Waals surface area contributed by atoms with Crippen LogP contribution >= 0.6 is 0 Å². The molecule has 0 radical (unpaired) electrons. The fraction of sp³-hybridized carbons (Fsp3) is 0.611. The zero-order valence-electron chi connectivity index (χ0n) is 13.5. The van der Waals surface area contributed by atoms with Crippen molar-refractivity contribution in [2.75, 3.05) is 13.2 Å². The Morgan fingerprint density at radius 2 is 2.14 bits per heavy atom. The number of rotatable bonds is 6. The van der Waals surface area contributed by atoms with E-state index in [1.807, 2.05) is 31.2 Å². The predicted molar refractivity (Wildman–Crippen MR) is 86.5 cm³/mol. The summed E-state index contributed by atoms with van der Waals surface area (Å²) in [5.41, 5.74) is 1.99. The number of aliphatic hydroxyl groups is 1. The highest BCUT2D eigenvalue weighted by Gasteiger charge is 2.27. The molecule has 0 spiro atoms. The molecule has 1 saturated heterocycles. The molecule has 0 bridgehead atoms. The van der Waals surface area contributed by atoms with Crippen LogP contribution in [0.5, 0.6) is 0 Å². The van der Waals surface area contributed by atoms with E-state index in [4.69, 9.17) is 4.74 Å². The second kappa shape index (κ2) is 8.30. The molecule has 1 aliphatic heterocycles. The van der Waals surface area contributed by atoms with Crippen molar-refractivity contribution >= 4 is 5.91 Å². The molecule has 0 aliphatic carbocycles. The van der Waals surface area contributed by atoms with Gasteiger partial charge >= 0.3 is 0 Å². The summed E-state index contributed by atoms with van der Waals surface area (Å²) in [4.78, 5) is 12.3. The smallest absolute Gasteiger partial charge is 0.223 e. The fourth-order valence-electron chi connectivity index (χ4n) is 2.89. The van der Waals surface area contributed by atoms with Crippen molar-refractivity contribution < 1.29 is 14.6 Å². The third-order valence-corrected chi connectivity index (χ3v) is 4.28. The lowest BCUT2D eigenvalue weighted by molar-refractivity contribution is -0.130. The van der Waals surface area contributed by atoms with Crippen LogP contribution < -0.4 is 5.32 Å². The molecule has 0 saturated carbocycles. The highest BCUT2D eigenvalue weighted by Crippen LogP contribution is 2.23. The summed E-state index contributed by atoms with van der Waals surface area (Å²) in [7, 11) is 0. The Hall–Kier alpha value is -1.39. The summed E-state index contributed by atoms with van der Waals surface area (Å²) in [6.07, 6.45) is 3.20. The van der Waals surface area contributed by atoms with Gasteiger partial charge in [-0.1, -0.05) is 43.2 Å². The Balaban J connectivity index is 1.80. The lowest BCUT2D eigenvalue weighted by atomic mass is 9.92. The topological polar surface area (TPSA) is 58.6 Å². The number of hydrogen-bond donors (Lipinski definition) is 2. The molecule has 2 rings (SSSR count). The van der Waals surface area contributed by atoms with Crippen molar-refractivity contribution in [2.24, 2.45) is 5.92 Å². The quantitative estimate of drug-likeness (QED) is 0.849. The maximum absolute atomic E-state index is 12.3. The summed E-state index contributed by atoms with van der Waals surface area (Å²) < 4.78 is 5.68. The highest BCUT2D eigenvalue weighted by atomic mass is 16.5.